The van der Waals surface area contributed by atoms with Crippen molar-refractivity contribution in [1.82, 2.24) is 0 Å². The fourth-order valence-electron chi connectivity index (χ4n) is 2.28. The Bertz CT molecular complexity index is 634. The lowest BCUT2D eigenvalue weighted by Crippen LogP contribution is -2.14. The normalized spacial score (nSPS) is 11.4. The largest absolute Gasteiger partial charge is 0.508 e. The molecule has 20 heavy (non-hydrogen) atoms. The number of hydrogen-bond donors (Lipinski definition) is 1. The summed E-state index contributed by atoms with van der Waals surface area (Å²) in [5.74, 6) is 0.244. The predicted octanol–water partition coefficient (Wildman–Crippen LogP) is 4.23. The van der Waals surface area contributed by atoms with E-state index in [1.807, 2.05) is 64.1 Å². The SMILES string of the molecule is Cc1cc(O)c(C(C)(C)C)cc1C(=O)c1ccccc1. The van der Waals surface area contributed by atoms with Gasteiger partial charge in [0.2, 0.25) is 0 Å². The van der Waals surface area contributed by atoms with Crippen LogP contribution in [0.25, 0.3) is 0 Å². The van der Waals surface area contributed by atoms with Crippen LogP contribution >= 0.6 is 0 Å². The summed E-state index contributed by atoms with van der Waals surface area (Å²) in [5, 5.41) is 10.1. The Balaban J connectivity index is 2.55. The molecule has 0 saturated carbocycles. The third-order valence-corrected chi connectivity index (χ3v) is 3.43. The molecule has 2 heteroatoms. The van der Waals surface area contributed by atoms with Crippen LogP contribution in [0.3, 0.4) is 0 Å². The van der Waals surface area contributed by atoms with E-state index in [4.69, 9.17) is 0 Å². The second-order valence-corrected chi connectivity index (χ2v) is 6.13. The van der Waals surface area contributed by atoms with Crippen LogP contribution in [-0.4, -0.2) is 10.9 Å². The first-order valence-corrected chi connectivity index (χ1v) is 6.74. The van der Waals surface area contributed by atoms with Gasteiger partial charge in [0.15, 0.2) is 5.78 Å². The van der Waals surface area contributed by atoms with E-state index < -0.39 is 0 Å². The number of phenols is 1. The van der Waals surface area contributed by atoms with Gasteiger partial charge in [-0.3, -0.25) is 4.79 Å². The Labute approximate surface area is 120 Å². The van der Waals surface area contributed by atoms with Crippen LogP contribution < -0.4 is 0 Å². The molecule has 2 rings (SSSR count). The molecule has 0 heterocycles. The number of carbonyl (C=O) groups is 1. The fraction of sp³-hybridized carbons (Fsp3) is 0.278. The molecule has 104 valence electrons. The molecule has 0 aliphatic rings. The molecule has 0 unspecified atom stereocenters. The zero-order valence-electron chi connectivity index (χ0n) is 12.4. The first-order valence-electron chi connectivity index (χ1n) is 6.74. The van der Waals surface area contributed by atoms with Crippen LogP contribution in [0, 0.1) is 6.92 Å². The number of aromatic hydroxyl groups is 1. The highest BCUT2D eigenvalue weighted by atomic mass is 16.3. The number of phenolic OH excluding ortho intramolecular Hbond substituents is 1. The standard InChI is InChI=1S/C18H20O2/c1-12-10-16(19)15(18(2,3)4)11-14(12)17(20)13-8-6-5-7-9-13/h5-11,19H,1-4H3. The Hall–Kier alpha value is -2.09. The van der Waals surface area contributed by atoms with E-state index in [1.165, 1.54) is 0 Å². The molecular formula is C18H20O2. The van der Waals surface area contributed by atoms with E-state index in [0.717, 1.165) is 11.1 Å². The molecule has 0 aromatic heterocycles. The molecule has 0 atom stereocenters. The summed E-state index contributed by atoms with van der Waals surface area (Å²) < 4.78 is 0. The van der Waals surface area contributed by atoms with Gasteiger partial charge in [0.1, 0.15) is 5.75 Å². The van der Waals surface area contributed by atoms with Crippen molar-refractivity contribution in [2.24, 2.45) is 0 Å². The monoisotopic (exact) mass is 268 g/mol. The lowest BCUT2D eigenvalue weighted by molar-refractivity contribution is 0.103. The summed E-state index contributed by atoms with van der Waals surface area (Å²) in [4.78, 5) is 12.6. The van der Waals surface area contributed by atoms with Crippen LogP contribution in [0.4, 0.5) is 0 Å². The molecule has 2 nitrogen and oxygen atoms in total. The lowest BCUT2D eigenvalue weighted by Gasteiger charge is -2.22. The van der Waals surface area contributed by atoms with Gasteiger partial charge in [-0.05, 0) is 35.6 Å². The average molecular weight is 268 g/mol. The molecule has 0 saturated heterocycles. The maximum Gasteiger partial charge on any atom is 0.193 e. The Morgan fingerprint density at radius 1 is 1.05 bits per heavy atom. The molecule has 0 bridgehead atoms. The lowest BCUT2D eigenvalue weighted by atomic mass is 9.83. The van der Waals surface area contributed by atoms with Crippen LogP contribution in [0.2, 0.25) is 0 Å². The number of carbonyl (C=O) groups excluding carboxylic acids is 1. The van der Waals surface area contributed by atoms with Crippen molar-refractivity contribution < 1.29 is 9.90 Å². The zero-order valence-corrected chi connectivity index (χ0v) is 12.4. The van der Waals surface area contributed by atoms with Gasteiger partial charge in [0.25, 0.3) is 0 Å². The summed E-state index contributed by atoms with van der Waals surface area (Å²) >= 11 is 0. The van der Waals surface area contributed by atoms with Gasteiger partial charge in [-0.1, -0.05) is 51.1 Å². The third kappa shape index (κ3) is 2.74. The van der Waals surface area contributed by atoms with Crippen LogP contribution in [0.15, 0.2) is 42.5 Å². The van der Waals surface area contributed by atoms with Crippen molar-refractivity contribution in [3.63, 3.8) is 0 Å². The highest BCUT2D eigenvalue weighted by molar-refractivity contribution is 6.10. The van der Waals surface area contributed by atoms with Gasteiger partial charge in [-0.25, -0.2) is 0 Å². The molecule has 2 aromatic carbocycles. The van der Waals surface area contributed by atoms with E-state index in [2.05, 4.69) is 0 Å². The summed E-state index contributed by atoms with van der Waals surface area (Å²) in [7, 11) is 0. The van der Waals surface area contributed by atoms with E-state index in [1.54, 1.807) is 6.07 Å². The van der Waals surface area contributed by atoms with Crippen molar-refractivity contribution in [3.05, 3.63) is 64.7 Å². The number of aryl methyl sites for hydroxylation is 1. The molecule has 2 aromatic rings. The molecule has 0 radical (unpaired) electrons. The van der Waals surface area contributed by atoms with Gasteiger partial charge in [0.05, 0.1) is 0 Å². The zero-order chi connectivity index (χ0) is 14.9. The summed E-state index contributed by atoms with van der Waals surface area (Å²) in [6.07, 6.45) is 0. The maximum absolute atomic E-state index is 12.6. The Morgan fingerprint density at radius 2 is 1.65 bits per heavy atom. The van der Waals surface area contributed by atoms with Gasteiger partial charge in [-0.15, -0.1) is 0 Å². The maximum atomic E-state index is 12.6. The molecule has 0 spiro atoms. The first kappa shape index (κ1) is 14.3. The quantitative estimate of drug-likeness (QED) is 0.828. The average Bonchev–Trinajstić information content (AvgIpc) is 2.37. The van der Waals surface area contributed by atoms with Gasteiger partial charge < -0.3 is 5.11 Å². The highest BCUT2D eigenvalue weighted by Gasteiger charge is 2.22. The number of benzene rings is 2. The minimum Gasteiger partial charge on any atom is -0.508 e. The van der Waals surface area contributed by atoms with Gasteiger partial charge >= 0.3 is 0 Å². The molecule has 1 N–H and O–H groups in total. The highest BCUT2D eigenvalue weighted by Crippen LogP contribution is 2.33. The van der Waals surface area contributed by atoms with Gasteiger partial charge in [-0.2, -0.15) is 0 Å². The van der Waals surface area contributed by atoms with E-state index in [-0.39, 0.29) is 16.9 Å². The summed E-state index contributed by atoms with van der Waals surface area (Å²) in [5.41, 5.74) is 2.70. The van der Waals surface area contributed by atoms with Crippen LogP contribution in [-0.2, 0) is 5.41 Å². The minimum atomic E-state index is -0.205. The molecule has 0 amide bonds. The Kier molecular flexibility index (Phi) is 3.67. The summed E-state index contributed by atoms with van der Waals surface area (Å²) in [6.45, 7) is 7.92. The van der Waals surface area contributed by atoms with E-state index in [0.29, 0.717) is 11.1 Å². The van der Waals surface area contributed by atoms with Crippen molar-refractivity contribution in [2.45, 2.75) is 33.1 Å². The summed E-state index contributed by atoms with van der Waals surface area (Å²) in [6, 6.07) is 12.7. The van der Waals surface area contributed by atoms with Crippen molar-refractivity contribution in [1.29, 1.82) is 0 Å². The molecule has 0 aliphatic carbocycles. The molecule has 0 fully saturated rings. The van der Waals surface area contributed by atoms with Gasteiger partial charge in [0, 0.05) is 11.1 Å². The van der Waals surface area contributed by atoms with Crippen molar-refractivity contribution >= 4 is 5.78 Å². The van der Waals surface area contributed by atoms with E-state index >= 15 is 0 Å². The smallest absolute Gasteiger partial charge is 0.193 e. The molecule has 0 aliphatic heterocycles. The second-order valence-electron chi connectivity index (χ2n) is 6.13. The number of rotatable bonds is 2. The van der Waals surface area contributed by atoms with Crippen molar-refractivity contribution in [2.75, 3.05) is 0 Å². The van der Waals surface area contributed by atoms with E-state index in [9.17, 15) is 9.90 Å². The topological polar surface area (TPSA) is 37.3 Å². The van der Waals surface area contributed by atoms with Crippen LogP contribution in [0.5, 0.6) is 5.75 Å². The third-order valence-electron chi connectivity index (χ3n) is 3.43. The van der Waals surface area contributed by atoms with Crippen molar-refractivity contribution in [3.8, 4) is 5.75 Å². The Morgan fingerprint density at radius 3 is 2.20 bits per heavy atom. The molecular weight excluding hydrogens is 248 g/mol. The number of hydrogen-bond acceptors (Lipinski definition) is 2. The van der Waals surface area contributed by atoms with Crippen LogP contribution in [0.1, 0.15) is 47.8 Å². The fourth-order valence-corrected chi connectivity index (χ4v) is 2.28. The first-order chi connectivity index (χ1) is 9.30. The number of ketones is 1. The second kappa shape index (κ2) is 5.12. The predicted molar refractivity (Wildman–Crippen MR) is 81.4 cm³/mol. The minimum absolute atomic E-state index is 0.00593.